The van der Waals surface area contributed by atoms with E-state index in [0.717, 1.165) is 17.1 Å². The summed E-state index contributed by atoms with van der Waals surface area (Å²) in [5, 5.41) is 9.11. The normalized spacial score (nSPS) is 10.6. The summed E-state index contributed by atoms with van der Waals surface area (Å²) >= 11 is 1.36. The molecule has 3 aromatic carbocycles. The van der Waals surface area contributed by atoms with Gasteiger partial charge < -0.3 is 9.30 Å². The van der Waals surface area contributed by atoms with Gasteiger partial charge in [0.05, 0.1) is 5.75 Å². The summed E-state index contributed by atoms with van der Waals surface area (Å²) in [6.45, 7) is 0.308. The molecule has 0 radical (unpaired) electrons. The van der Waals surface area contributed by atoms with Crippen molar-refractivity contribution < 1.29 is 9.53 Å². The lowest BCUT2D eigenvalue weighted by molar-refractivity contribution is -0.115. The van der Waals surface area contributed by atoms with E-state index in [-0.39, 0.29) is 11.7 Å². The molecule has 0 bridgehead atoms. The Morgan fingerprint density at radius 3 is 2.00 bits per heavy atom. The summed E-state index contributed by atoms with van der Waals surface area (Å²) in [6, 6.07) is 28.8. The second-order valence-electron chi connectivity index (χ2n) is 6.75. The van der Waals surface area contributed by atoms with Gasteiger partial charge in [-0.25, -0.2) is 0 Å². The Kier molecular flexibility index (Phi) is 6.64. The van der Waals surface area contributed by atoms with Crippen LogP contribution in [0.5, 0.6) is 5.75 Å². The fraction of sp³-hybridized carbons (Fsp3) is 0.125. The predicted molar refractivity (Wildman–Crippen MR) is 123 cm³/mol. The Morgan fingerprint density at radius 1 is 0.871 bits per heavy atom. The number of benzene rings is 3. The highest BCUT2D eigenvalue weighted by molar-refractivity contribution is 7.99. The zero-order valence-corrected chi connectivity index (χ0v) is 17.9. The Hall–Kier alpha value is -3.58. The molecule has 6 nitrogen and oxygen atoms in total. The van der Waals surface area contributed by atoms with Gasteiger partial charge in [-0.15, -0.1) is 10.2 Å². The molecule has 0 saturated carbocycles. The summed E-state index contributed by atoms with van der Waals surface area (Å²) in [4.78, 5) is 14.9. The molecular formula is C24H22N4O2S. The van der Waals surface area contributed by atoms with Crippen LogP contribution >= 0.6 is 11.8 Å². The molecule has 0 fully saturated rings. The van der Waals surface area contributed by atoms with Crippen LogP contribution in [-0.2, 0) is 18.4 Å². The van der Waals surface area contributed by atoms with Crippen LogP contribution in [0, 0.1) is 0 Å². The van der Waals surface area contributed by atoms with Gasteiger partial charge in [-0.3, -0.25) is 9.69 Å². The number of nitrogens with zero attached hydrogens (tertiary/aromatic N) is 4. The number of aromatic nitrogens is 3. The van der Waals surface area contributed by atoms with Gasteiger partial charge in [-0.2, -0.15) is 0 Å². The van der Waals surface area contributed by atoms with Crippen LogP contribution in [0.1, 0.15) is 5.82 Å². The fourth-order valence-electron chi connectivity index (χ4n) is 3.04. The number of rotatable bonds is 8. The van der Waals surface area contributed by atoms with E-state index in [2.05, 4.69) is 10.2 Å². The van der Waals surface area contributed by atoms with Crippen molar-refractivity contribution >= 4 is 29.0 Å². The number of ether oxygens (including phenoxy) is 1. The van der Waals surface area contributed by atoms with E-state index in [1.54, 1.807) is 4.90 Å². The molecular weight excluding hydrogens is 408 g/mol. The maximum absolute atomic E-state index is 13.2. The molecule has 0 saturated heterocycles. The van der Waals surface area contributed by atoms with Crippen molar-refractivity contribution in [3.63, 3.8) is 0 Å². The second kappa shape index (κ2) is 9.95. The highest BCUT2D eigenvalue weighted by Crippen LogP contribution is 2.27. The Labute approximate surface area is 185 Å². The van der Waals surface area contributed by atoms with E-state index in [9.17, 15) is 4.79 Å². The number of hydrogen-bond donors (Lipinski definition) is 0. The third kappa shape index (κ3) is 5.13. The van der Waals surface area contributed by atoms with Crippen molar-refractivity contribution in [2.75, 3.05) is 10.7 Å². The third-order valence-electron chi connectivity index (χ3n) is 4.64. The molecule has 4 aromatic rings. The first-order valence-corrected chi connectivity index (χ1v) is 10.8. The lowest BCUT2D eigenvalue weighted by Crippen LogP contribution is -2.27. The van der Waals surface area contributed by atoms with Crippen molar-refractivity contribution in [1.29, 1.82) is 0 Å². The molecule has 31 heavy (non-hydrogen) atoms. The Balaban J connectivity index is 1.44. The van der Waals surface area contributed by atoms with Gasteiger partial charge in [0.2, 0.25) is 5.91 Å². The molecule has 0 spiro atoms. The number of carbonyl (C=O) groups excluding carboxylic acids is 1. The molecule has 0 unspecified atom stereocenters. The number of thioether (sulfide) groups is 1. The SMILES string of the molecule is Cn1c(COc2ccccc2)nnc1SCC(=O)N(c1ccccc1)c1ccccc1. The van der Waals surface area contributed by atoms with E-state index < -0.39 is 0 Å². The van der Waals surface area contributed by atoms with Gasteiger partial charge in [-0.05, 0) is 36.4 Å². The van der Waals surface area contributed by atoms with Crippen LogP contribution in [0.4, 0.5) is 11.4 Å². The first-order chi connectivity index (χ1) is 15.2. The highest BCUT2D eigenvalue weighted by Gasteiger charge is 2.19. The minimum Gasteiger partial charge on any atom is -0.486 e. The van der Waals surface area contributed by atoms with E-state index in [4.69, 9.17) is 4.74 Å². The summed E-state index contributed by atoms with van der Waals surface area (Å²) in [5.74, 6) is 1.67. The smallest absolute Gasteiger partial charge is 0.242 e. The second-order valence-corrected chi connectivity index (χ2v) is 7.69. The summed E-state index contributed by atoms with van der Waals surface area (Å²) in [6.07, 6.45) is 0. The average molecular weight is 431 g/mol. The third-order valence-corrected chi connectivity index (χ3v) is 5.64. The quantitative estimate of drug-likeness (QED) is 0.374. The lowest BCUT2D eigenvalue weighted by Gasteiger charge is -2.22. The fourth-order valence-corrected chi connectivity index (χ4v) is 3.82. The van der Waals surface area contributed by atoms with Gasteiger partial charge in [0.1, 0.15) is 12.4 Å². The monoisotopic (exact) mass is 430 g/mol. The maximum atomic E-state index is 13.2. The van der Waals surface area contributed by atoms with Crippen molar-refractivity contribution in [2.24, 2.45) is 7.05 Å². The van der Waals surface area contributed by atoms with Crippen molar-refractivity contribution in [3.05, 3.63) is 96.8 Å². The summed E-state index contributed by atoms with van der Waals surface area (Å²) in [5.41, 5.74) is 1.66. The molecule has 0 aliphatic rings. The Morgan fingerprint density at radius 2 is 1.42 bits per heavy atom. The molecule has 0 aliphatic carbocycles. The number of amides is 1. The van der Waals surface area contributed by atoms with E-state index >= 15 is 0 Å². The van der Waals surface area contributed by atoms with Gasteiger partial charge in [-0.1, -0.05) is 66.4 Å². The zero-order chi connectivity index (χ0) is 21.5. The van der Waals surface area contributed by atoms with Crippen LogP contribution < -0.4 is 9.64 Å². The van der Waals surface area contributed by atoms with Gasteiger partial charge in [0.15, 0.2) is 11.0 Å². The van der Waals surface area contributed by atoms with Crippen LogP contribution in [0.2, 0.25) is 0 Å². The minimum absolute atomic E-state index is 0.0347. The molecule has 7 heteroatoms. The molecule has 0 aliphatic heterocycles. The van der Waals surface area contributed by atoms with E-state index in [1.807, 2.05) is 103 Å². The van der Waals surface area contributed by atoms with Crippen molar-refractivity contribution in [1.82, 2.24) is 14.8 Å². The number of anilines is 2. The molecule has 1 aromatic heterocycles. The highest BCUT2D eigenvalue weighted by atomic mass is 32.2. The van der Waals surface area contributed by atoms with Gasteiger partial charge in [0, 0.05) is 18.4 Å². The van der Waals surface area contributed by atoms with E-state index in [1.165, 1.54) is 11.8 Å². The van der Waals surface area contributed by atoms with Crippen LogP contribution in [0.3, 0.4) is 0 Å². The van der Waals surface area contributed by atoms with Gasteiger partial charge >= 0.3 is 0 Å². The zero-order valence-electron chi connectivity index (χ0n) is 17.1. The first kappa shape index (κ1) is 20.7. The van der Waals surface area contributed by atoms with Crippen molar-refractivity contribution in [2.45, 2.75) is 11.8 Å². The molecule has 1 heterocycles. The average Bonchev–Trinajstić information content (AvgIpc) is 3.18. The standard InChI is InChI=1S/C24H22N4O2S/c1-27-22(17-30-21-15-9-4-10-16-21)25-26-24(27)31-18-23(29)28(19-11-5-2-6-12-19)20-13-7-3-8-14-20/h2-16H,17-18H2,1H3. The molecule has 0 atom stereocenters. The summed E-state index contributed by atoms with van der Waals surface area (Å²) in [7, 11) is 1.88. The molecule has 4 rings (SSSR count). The molecule has 1 amide bonds. The van der Waals surface area contributed by atoms with Crippen LogP contribution in [0.25, 0.3) is 0 Å². The number of carbonyl (C=O) groups is 1. The topological polar surface area (TPSA) is 60.2 Å². The van der Waals surface area contributed by atoms with Crippen LogP contribution in [0.15, 0.2) is 96.2 Å². The number of hydrogen-bond acceptors (Lipinski definition) is 5. The Bertz CT molecular complexity index is 1080. The maximum Gasteiger partial charge on any atom is 0.242 e. The number of para-hydroxylation sites is 3. The van der Waals surface area contributed by atoms with Crippen molar-refractivity contribution in [3.8, 4) is 5.75 Å². The largest absolute Gasteiger partial charge is 0.486 e. The van der Waals surface area contributed by atoms with Crippen LogP contribution in [-0.4, -0.2) is 26.4 Å². The van der Waals surface area contributed by atoms with Gasteiger partial charge in [0.25, 0.3) is 0 Å². The summed E-state index contributed by atoms with van der Waals surface area (Å²) < 4.78 is 7.62. The lowest BCUT2D eigenvalue weighted by atomic mass is 10.2. The minimum atomic E-state index is -0.0347. The van der Waals surface area contributed by atoms with E-state index in [0.29, 0.717) is 17.6 Å². The molecule has 0 N–H and O–H groups in total. The molecule has 156 valence electrons. The first-order valence-electron chi connectivity index (χ1n) is 9.84. The predicted octanol–water partition coefficient (Wildman–Crippen LogP) is 4.85.